The molecule has 0 spiro atoms. The largest absolute Gasteiger partial charge is 0.489 e. The molecule has 0 bridgehead atoms. The Kier molecular flexibility index (Phi) is 5.81. The third-order valence-corrected chi connectivity index (χ3v) is 6.03. The Morgan fingerprint density at radius 1 is 1.22 bits per heavy atom. The summed E-state index contributed by atoms with van der Waals surface area (Å²) in [4.78, 5) is 16.6. The van der Waals surface area contributed by atoms with Crippen molar-refractivity contribution in [2.24, 2.45) is 5.73 Å². The van der Waals surface area contributed by atoms with E-state index in [0.29, 0.717) is 29.6 Å². The molecular formula is C24H26BrN5O2. The van der Waals surface area contributed by atoms with Crippen molar-refractivity contribution in [3.63, 3.8) is 0 Å². The average molecular weight is 496 g/mol. The predicted octanol–water partition coefficient (Wildman–Crippen LogP) is 4.69. The van der Waals surface area contributed by atoms with Gasteiger partial charge in [0, 0.05) is 15.7 Å². The molecule has 0 saturated carbocycles. The number of benzene rings is 2. The molecule has 0 aliphatic carbocycles. The summed E-state index contributed by atoms with van der Waals surface area (Å²) in [6.45, 7) is 8.77. The van der Waals surface area contributed by atoms with Gasteiger partial charge < -0.3 is 15.8 Å². The number of nitrogens with zero attached hydrogens (tertiary/aromatic N) is 3. The molecule has 8 heteroatoms. The van der Waals surface area contributed by atoms with E-state index in [-0.39, 0.29) is 5.41 Å². The Morgan fingerprint density at radius 3 is 2.59 bits per heavy atom. The number of allylic oxidation sites excluding steroid dienone is 1. The lowest BCUT2D eigenvalue weighted by Crippen LogP contribution is -2.32. The normalized spacial score (nSPS) is 15.8. The van der Waals surface area contributed by atoms with E-state index >= 15 is 0 Å². The van der Waals surface area contributed by atoms with Crippen molar-refractivity contribution in [1.82, 2.24) is 14.8 Å². The van der Waals surface area contributed by atoms with Gasteiger partial charge in [-0.15, -0.1) is 0 Å². The predicted molar refractivity (Wildman–Crippen MR) is 127 cm³/mol. The number of nitrogens with one attached hydrogen (secondary N) is 1. The van der Waals surface area contributed by atoms with Gasteiger partial charge in [-0.2, -0.15) is 10.1 Å². The second-order valence-electron chi connectivity index (χ2n) is 8.88. The van der Waals surface area contributed by atoms with Crippen LogP contribution in [-0.4, -0.2) is 20.7 Å². The van der Waals surface area contributed by atoms with Crippen LogP contribution in [0.3, 0.4) is 0 Å². The van der Waals surface area contributed by atoms with Gasteiger partial charge in [0.1, 0.15) is 24.7 Å². The average Bonchev–Trinajstić information content (AvgIpc) is 3.19. The van der Waals surface area contributed by atoms with E-state index in [1.54, 1.807) is 11.6 Å². The number of amides is 1. The van der Waals surface area contributed by atoms with Crippen molar-refractivity contribution >= 4 is 27.8 Å². The number of ether oxygens (including phenoxy) is 1. The first-order valence-corrected chi connectivity index (χ1v) is 11.1. The number of primary amides is 1. The number of halogens is 1. The van der Waals surface area contributed by atoms with E-state index in [9.17, 15) is 4.79 Å². The Balaban J connectivity index is 1.69. The van der Waals surface area contributed by atoms with Crippen LogP contribution < -0.4 is 15.8 Å². The van der Waals surface area contributed by atoms with E-state index in [2.05, 4.69) is 76.4 Å². The Morgan fingerprint density at radius 2 is 1.94 bits per heavy atom. The Bertz CT molecular complexity index is 1190. The van der Waals surface area contributed by atoms with Gasteiger partial charge >= 0.3 is 0 Å². The van der Waals surface area contributed by atoms with Gasteiger partial charge in [-0.3, -0.25) is 4.79 Å². The van der Waals surface area contributed by atoms with Crippen LogP contribution in [0.1, 0.15) is 50.4 Å². The number of nitrogens with two attached hydrogens (primary N) is 1. The van der Waals surface area contributed by atoms with E-state index < -0.39 is 11.9 Å². The van der Waals surface area contributed by atoms with Crippen molar-refractivity contribution in [3.05, 3.63) is 81.2 Å². The number of carbonyl (C=O) groups excluding carboxylic acids is 1. The van der Waals surface area contributed by atoms with Gasteiger partial charge in [-0.1, -0.05) is 61.0 Å². The van der Waals surface area contributed by atoms with Crippen molar-refractivity contribution in [1.29, 1.82) is 0 Å². The third kappa shape index (κ3) is 4.27. The molecule has 1 atom stereocenters. The summed E-state index contributed by atoms with van der Waals surface area (Å²) in [6, 6.07) is 13.6. The molecule has 7 nitrogen and oxygen atoms in total. The molecule has 166 valence electrons. The Hall–Kier alpha value is -3.13. The minimum Gasteiger partial charge on any atom is -0.489 e. The molecule has 1 aromatic heterocycles. The quantitative estimate of drug-likeness (QED) is 0.535. The summed E-state index contributed by atoms with van der Waals surface area (Å²) in [7, 11) is 0. The molecule has 3 N–H and O–H groups in total. The van der Waals surface area contributed by atoms with Crippen LogP contribution in [0, 0.1) is 0 Å². The number of aromatic nitrogens is 3. The summed E-state index contributed by atoms with van der Waals surface area (Å²) in [5, 5.41) is 7.43. The highest BCUT2D eigenvalue weighted by Gasteiger charge is 2.34. The second kappa shape index (κ2) is 8.43. The molecule has 1 aliphatic rings. The Labute approximate surface area is 195 Å². The monoisotopic (exact) mass is 495 g/mol. The number of anilines is 1. The molecule has 1 amide bonds. The zero-order valence-electron chi connectivity index (χ0n) is 18.5. The molecule has 32 heavy (non-hydrogen) atoms. The lowest BCUT2D eigenvalue weighted by atomic mass is 9.87. The van der Waals surface area contributed by atoms with E-state index in [0.717, 1.165) is 15.6 Å². The third-order valence-electron chi connectivity index (χ3n) is 5.54. The van der Waals surface area contributed by atoms with E-state index in [1.807, 2.05) is 18.2 Å². The van der Waals surface area contributed by atoms with Gasteiger partial charge in [-0.05, 0) is 41.7 Å². The summed E-state index contributed by atoms with van der Waals surface area (Å²) in [5.41, 5.74) is 10.0. The molecule has 0 fully saturated rings. The summed E-state index contributed by atoms with van der Waals surface area (Å²) < 4.78 is 8.74. The number of carbonyl (C=O) groups is 1. The maximum Gasteiger partial charge on any atom is 0.248 e. The molecule has 1 aliphatic heterocycles. The standard InChI is InChI=1S/C24H26BrN5O2/c1-14-20(22(26)31)21(30-23(29-14)27-13-28-30)18-11-17(25)9-10-19(18)32-12-15-5-7-16(8-6-15)24(2,3)4/h5-11,13,21H,12H2,1-4H3,(H2,26,31)(H,27,28,29). The van der Waals surface area contributed by atoms with Crippen LogP contribution in [-0.2, 0) is 16.8 Å². The van der Waals surface area contributed by atoms with Gasteiger partial charge in [-0.25, -0.2) is 4.68 Å². The number of hydrogen-bond acceptors (Lipinski definition) is 5. The van der Waals surface area contributed by atoms with Crippen LogP contribution in [0.2, 0.25) is 0 Å². The highest BCUT2D eigenvalue weighted by molar-refractivity contribution is 9.10. The fraction of sp³-hybridized carbons (Fsp3) is 0.292. The first-order chi connectivity index (χ1) is 15.1. The zero-order chi connectivity index (χ0) is 23.0. The molecular weight excluding hydrogens is 470 g/mol. The maximum absolute atomic E-state index is 12.4. The van der Waals surface area contributed by atoms with Crippen molar-refractivity contribution in [2.45, 2.75) is 45.8 Å². The lowest BCUT2D eigenvalue weighted by Gasteiger charge is -2.29. The van der Waals surface area contributed by atoms with Crippen LogP contribution in [0.5, 0.6) is 5.75 Å². The summed E-state index contributed by atoms with van der Waals surface area (Å²) >= 11 is 3.54. The first-order valence-electron chi connectivity index (χ1n) is 10.3. The molecule has 2 aromatic carbocycles. The molecule has 4 rings (SSSR count). The minimum absolute atomic E-state index is 0.0954. The van der Waals surface area contributed by atoms with Gasteiger partial charge in [0.25, 0.3) is 0 Å². The highest BCUT2D eigenvalue weighted by Crippen LogP contribution is 2.40. The van der Waals surface area contributed by atoms with Crippen LogP contribution in [0.4, 0.5) is 5.95 Å². The number of hydrogen-bond donors (Lipinski definition) is 2. The summed E-state index contributed by atoms with van der Waals surface area (Å²) in [6.07, 6.45) is 1.45. The molecule has 0 radical (unpaired) electrons. The topological polar surface area (TPSA) is 95.1 Å². The number of rotatable bonds is 5. The lowest BCUT2D eigenvalue weighted by molar-refractivity contribution is -0.115. The van der Waals surface area contributed by atoms with Crippen molar-refractivity contribution in [3.8, 4) is 5.75 Å². The van der Waals surface area contributed by atoms with Gasteiger partial charge in [0.05, 0.1) is 5.57 Å². The number of fused-ring (bicyclic) bond motifs is 1. The highest BCUT2D eigenvalue weighted by atomic mass is 79.9. The van der Waals surface area contributed by atoms with Crippen LogP contribution >= 0.6 is 15.9 Å². The minimum atomic E-state index is -0.554. The molecule has 2 heterocycles. The maximum atomic E-state index is 12.4. The van der Waals surface area contributed by atoms with Crippen molar-refractivity contribution < 1.29 is 9.53 Å². The molecule has 1 unspecified atom stereocenters. The first kappa shape index (κ1) is 22.1. The SMILES string of the molecule is CC1=C(C(N)=O)C(c2cc(Br)ccc2OCc2ccc(C(C)(C)C)cc2)n2ncnc2N1. The molecule has 0 saturated heterocycles. The summed E-state index contributed by atoms with van der Waals surface area (Å²) in [5.74, 6) is 0.666. The van der Waals surface area contributed by atoms with Crippen molar-refractivity contribution in [2.75, 3.05) is 5.32 Å². The van der Waals surface area contributed by atoms with E-state index in [4.69, 9.17) is 10.5 Å². The fourth-order valence-corrected chi connectivity index (χ4v) is 4.20. The fourth-order valence-electron chi connectivity index (χ4n) is 3.82. The smallest absolute Gasteiger partial charge is 0.248 e. The van der Waals surface area contributed by atoms with Crippen LogP contribution in [0.15, 0.2) is 64.5 Å². The zero-order valence-corrected chi connectivity index (χ0v) is 20.1. The van der Waals surface area contributed by atoms with Crippen LogP contribution in [0.25, 0.3) is 0 Å². The van der Waals surface area contributed by atoms with Gasteiger partial charge in [0.2, 0.25) is 11.9 Å². The van der Waals surface area contributed by atoms with Gasteiger partial charge in [0.15, 0.2) is 0 Å². The second-order valence-corrected chi connectivity index (χ2v) is 9.79. The van der Waals surface area contributed by atoms with E-state index in [1.165, 1.54) is 11.9 Å². The molecule has 3 aromatic rings.